The lowest BCUT2D eigenvalue weighted by Crippen LogP contribution is -2.01. The molecular formula is C41H26O. The molecule has 6 aromatic rings. The monoisotopic (exact) mass is 534 g/mol. The Labute approximate surface area is 247 Å². The summed E-state index contributed by atoms with van der Waals surface area (Å²) in [4.78, 5) is 13.4. The Morgan fingerprint density at radius 2 is 0.667 bits per heavy atom. The molecule has 0 saturated heterocycles. The standard InChI is InChI=1S/C41H26O/c42-41(39-21-9-13-33(29-39)25-23-31-11-7-19-37(27-31)35-15-3-1-4-16-35)40-22-10-14-34(30-40)26-24-32-12-8-20-38(28-32)36-17-5-2-6-18-36/h1-22,27-30H. The lowest BCUT2D eigenvalue weighted by Gasteiger charge is -2.03. The van der Waals surface area contributed by atoms with Gasteiger partial charge in [0, 0.05) is 33.4 Å². The lowest BCUT2D eigenvalue weighted by molar-refractivity contribution is 0.103. The minimum Gasteiger partial charge on any atom is -0.289 e. The number of hydrogen-bond donors (Lipinski definition) is 0. The smallest absolute Gasteiger partial charge is 0.193 e. The Balaban J connectivity index is 1.20. The molecule has 0 saturated carbocycles. The third-order valence-corrected chi connectivity index (χ3v) is 6.89. The van der Waals surface area contributed by atoms with E-state index in [4.69, 9.17) is 0 Å². The zero-order valence-electron chi connectivity index (χ0n) is 22.9. The van der Waals surface area contributed by atoms with Crippen molar-refractivity contribution in [1.82, 2.24) is 0 Å². The molecule has 42 heavy (non-hydrogen) atoms. The number of carbonyl (C=O) groups is 1. The van der Waals surface area contributed by atoms with Gasteiger partial charge in [-0.1, -0.05) is 133 Å². The van der Waals surface area contributed by atoms with E-state index in [0.717, 1.165) is 44.5 Å². The van der Waals surface area contributed by atoms with Gasteiger partial charge in [-0.2, -0.15) is 0 Å². The first-order valence-electron chi connectivity index (χ1n) is 13.8. The summed E-state index contributed by atoms with van der Waals surface area (Å²) in [5, 5.41) is 0. The van der Waals surface area contributed by atoms with Crippen molar-refractivity contribution in [2.75, 3.05) is 0 Å². The van der Waals surface area contributed by atoms with Crippen LogP contribution in [0.2, 0.25) is 0 Å². The molecule has 0 bridgehead atoms. The van der Waals surface area contributed by atoms with Gasteiger partial charge >= 0.3 is 0 Å². The summed E-state index contributed by atoms with van der Waals surface area (Å²) in [5.74, 6) is 12.9. The molecular weight excluding hydrogens is 508 g/mol. The summed E-state index contributed by atoms with van der Waals surface area (Å²) in [5.41, 5.74) is 9.18. The molecule has 1 heteroatoms. The summed E-state index contributed by atoms with van der Waals surface area (Å²) in [6.45, 7) is 0. The van der Waals surface area contributed by atoms with Crippen LogP contribution in [0.4, 0.5) is 0 Å². The SMILES string of the molecule is O=C(c1cccc(C#Cc2cccc(-c3ccccc3)c2)c1)c1cccc(C#Cc2cccc(-c3ccccc3)c2)c1. The van der Waals surface area contributed by atoms with Gasteiger partial charge in [-0.25, -0.2) is 0 Å². The zero-order valence-corrected chi connectivity index (χ0v) is 22.9. The van der Waals surface area contributed by atoms with Gasteiger partial charge in [0.25, 0.3) is 0 Å². The van der Waals surface area contributed by atoms with Crippen LogP contribution in [-0.2, 0) is 0 Å². The van der Waals surface area contributed by atoms with Crippen molar-refractivity contribution in [3.63, 3.8) is 0 Å². The maximum atomic E-state index is 13.4. The molecule has 0 amide bonds. The number of ketones is 1. The van der Waals surface area contributed by atoms with E-state index in [1.165, 1.54) is 0 Å². The fourth-order valence-electron chi connectivity index (χ4n) is 4.75. The third-order valence-electron chi connectivity index (χ3n) is 6.89. The molecule has 6 rings (SSSR count). The second kappa shape index (κ2) is 12.5. The summed E-state index contributed by atoms with van der Waals surface area (Å²) >= 11 is 0. The van der Waals surface area contributed by atoms with E-state index in [-0.39, 0.29) is 5.78 Å². The van der Waals surface area contributed by atoms with E-state index >= 15 is 0 Å². The second-order valence-electron chi connectivity index (χ2n) is 9.88. The van der Waals surface area contributed by atoms with Gasteiger partial charge in [0.15, 0.2) is 5.78 Å². The number of benzene rings is 6. The van der Waals surface area contributed by atoms with E-state index < -0.39 is 0 Å². The van der Waals surface area contributed by atoms with Crippen molar-refractivity contribution in [2.24, 2.45) is 0 Å². The van der Waals surface area contributed by atoms with Gasteiger partial charge in [0.1, 0.15) is 0 Å². The summed E-state index contributed by atoms with van der Waals surface area (Å²) in [6.07, 6.45) is 0. The van der Waals surface area contributed by atoms with Crippen molar-refractivity contribution in [2.45, 2.75) is 0 Å². The van der Waals surface area contributed by atoms with Crippen LogP contribution in [0.15, 0.2) is 158 Å². The van der Waals surface area contributed by atoms with Gasteiger partial charge < -0.3 is 0 Å². The molecule has 6 aromatic carbocycles. The molecule has 1 nitrogen and oxygen atoms in total. The molecule has 0 aliphatic carbocycles. The predicted molar refractivity (Wildman–Crippen MR) is 172 cm³/mol. The van der Waals surface area contributed by atoms with Crippen LogP contribution in [0.1, 0.15) is 38.2 Å². The first-order chi connectivity index (χ1) is 20.7. The van der Waals surface area contributed by atoms with Crippen LogP contribution in [0.5, 0.6) is 0 Å². The van der Waals surface area contributed by atoms with E-state index in [1.807, 2.05) is 109 Å². The minimum absolute atomic E-state index is 0.0561. The van der Waals surface area contributed by atoms with Crippen LogP contribution in [-0.4, -0.2) is 5.78 Å². The fourth-order valence-corrected chi connectivity index (χ4v) is 4.75. The Hall–Kier alpha value is -5.89. The van der Waals surface area contributed by atoms with Gasteiger partial charge in [0.2, 0.25) is 0 Å². The highest BCUT2D eigenvalue weighted by molar-refractivity contribution is 6.09. The summed E-state index contributed by atoms with van der Waals surface area (Å²) in [6, 6.07) is 51.8. The van der Waals surface area contributed by atoms with Crippen LogP contribution in [0.3, 0.4) is 0 Å². The van der Waals surface area contributed by atoms with Gasteiger partial charge in [-0.05, 0) is 70.8 Å². The van der Waals surface area contributed by atoms with Crippen LogP contribution >= 0.6 is 0 Å². The third kappa shape index (κ3) is 6.46. The Kier molecular flexibility index (Phi) is 7.85. The van der Waals surface area contributed by atoms with Crippen molar-refractivity contribution >= 4 is 5.78 Å². The van der Waals surface area contributed by atoms with Crippen molar-refractivity contribution in [3.8, 4) is 45.9 Å². The minimum atomic E-state index is -0.0561. The maximum Gasteiger partial charge on any atom is 0.193 e. The van der Waals surface area contributed by atoms with E-state index in [1.54, 1.807) is 0 Å². The Morgan fingerprint density at radius 3 is 1.07 bits per heavy atom. The Bertz CT molecular complexity index is 1850. The highest BCUT2D eigenvalue weighted by atomic mass is 16.1. The van der Waals surface area contributed by atoms with Gasteiger partial charge in [-0.3, -0.25) is 4.79 Å². The molecule has 0 spiro atoms. The molecule has 0 aliphatic heterocycles. The van der Waals surface area contributed by atoms with Crippen molar-refractivity contribution in [1.29, 1.82) is 0 Å². The molecule has 0 atom stereocenters. The second-order valence-corrected chi connectivity index (χ2v) is 9.88. The number of rotatable bonds is 4. The molecule has 0 aliphatic rings. The highest BCUT2D eigenvalue weighted by Crippen LogP contribution is 2.21. The molecule has 0 radical (unpaired) electrons. The molecule has 0 unspecified atom stereocenters. The van der Waals surface area contributed by atoms with Crippen molar-refractivity contribution in [3.05, 3.63) is 191 Å². The van der Waals surface area contributed by atoms with E-state index in [9.17, 15) is 4.79 Å². The zero-order chi connectivity index (χ0) is 28.6. The first-order valence-corrected chi connectivity index (χ1v) is 13.8. The van der Waals surface area contributed by atoms with Crippen LogP contribution in [0.25, 0.3) is 22.3 Å². The van der Waals surface area contributed by atoms with Crippen LogP contribution < -0.4 is 0 Å². The first kappa shape index (κ1) is 26.3. The Morgan fingerprint density at radius 1 is 0.333 bits per heavy atom. The number of carbonyl (C=O) groups excluding carboxylic acids is 1. The summed E-state index contributed by atoms with van der Waals surface area (Å²) in [7, 11) is 0. The molecule has 196 valence electrons. The molecule has 0 heterocycles. The predicted octanol–water partition coefficient (Wildman–Crippen LogP) is 9.05. The summed E-state index contributed by atoms with van der Waals surface area (Å²) < 4.78 is 0. The highest BCUT2D eigenvalue weighted by Gasteiger charge is 2.10. The van der Waals surface area contributed by atoms with Gasteiger partial charge in [-0.15, -0.1) is 0 Å². The largest absolute Gasteiger partial charge is 0.289 e. The number of hydrogen-bond acceptors (Lipinski definition) is 1. The fraction of sp³-hybridized carbons (Fsp3) is 0. The van der Waals surface area contributed by atoms with E-state index in [0.29, 0.717) is 11.1 Å². The quantitative estimate of drug-likeness (QED) is 0.163. The average molecular weight is 535 g/mol. The van der Waals surface area contributed by atoms with Crippen molar-refractivity contribution < 1.29 is 4.79 Å². The lowest BCUT2D eigenvalue weighted by atomic mass is 9.99. The molecule has 0 N–H and O–H groups in total. The van der Waals surface area contributed by atoms with Crippen LogP contribution in [0, 0.1) is 23.7 Å². The molecule has 0 aromatic heterocycles. The average Bonchev–Trinajstić information content (AvgIpc) is 3.07. The maximum absolute atomic E-state index is 13.4. The van der Waals surface area contributed by atoms with E-state index in [2.05, 4.69) is 72.2 Å². The molecule has 0 fully saturated rings. The normalized spacial score (nSPS) is 10.1. The van der Waals surface area contributed by atoms with Gasteiger partial charge in [0.05, 0.1) is 0 Å². The topological polar surface area (TPSA) is 17.1 Å².